The molecule has 0 bridgehead atoms. The van der Waals surface area contributed by atoms with Crippen molar-refractivity contribution in [3.05, 3.63) is 62.1 Å². The van der Waals surface area contributed by atoms with Gasteiger partial charge < -0.3 is 11.1 Å². The topological polar surface area (TPSA) is 81.2 Å². The number of aryl methyl sites for hydroxylation is 1. The fraction of sp³-hybridized carbons (Fsp3) is 0.200. The Kier molecular flexibility index (Phi) is 3.55. The highest BCUT2D eigenvalue weighted by atomic mass is 79.9. The summed E-state index contributed by atoms with van der Waals surface area (Å²) in [5.41, 5.74) is 9.55. The summed E-state index contributed by atoms with van der Waals surface area (Å²) in [5.74, 6) is 0. The predicted molar refractivity (Wildman–Crippen MR) is 86.3 cm³/mol. The lowest BCUT2D eigenvalue weighted by atomic mass is 10.1. The Hall–Kier alpha value is -2.08. The van der Waals surface area contributed by atoms with Gasteiger partial charge in [-0.1, -0.05) is 22.0 Å². The number of benzene rings is 2. The molecular weight excluding hydrogens is 334 g/mol. The minimum Gasteiger partial charge on any atom is -0.399 e. The third-order valence-electron chi connectivity index (χ3n) is 3.73. The number of fused-ring (bicyclic) bond motifs is 1. The average molecular weight is 348 g/mol. The second-order valence-electron chi connectivity index (χ2n) is 5.11. The van der Waals surface area contributed by atoms with Crippen molar-refractivity contribution in [1.29, 1.82) is 0 Å². The Morgan fingerprint density at radius 1 is 1.29 bits per heavy atom. The van der Waals surface area contributed by atoms with Gasteiger partial charge in [-0.2, -0.15) is 0 Å². The van der Waals surface area contributed by atoms with Gasteiger partial charge in [-0.25, -0.2) is 0 Å². The van der Waals surface area contributed by atoms with Crippen LogP contribution in [0.25, 0.3) is 0 Å². The Balaban J connectivity index is 1.91. The van der Waals surface area contributed by atoms with Gasteiger partial charge >= 0.3 is 0 Å². The first-order chi connectivity index (χ1) is 10.0. The summed E-state index contributed by atoms with van der Waals surface area (Å²) in [6.07, 6.45) is 1.84. The normalized spacial score (nSPS) is 16.5. The number of nitrogens with zero attached hydrogens (tertiary/aromatic N) is 1. The zero-order valence-electron chi connectivity index (χ0n) is 11.2. The minimum atomic E-state index is -0.369. The molecule has 1 atom stereocenters. The predicted octanol–water partition coefficient (Wildman–Crippen LogP) is 4.04. The van der Waals surface area contributed by atoms with Crippen LogP contribution in [0, 0.1) is 10.1 Å². The van der Waals surface area contributed by atoms with Gasteiger partial charge in [0.1, 0.15) is 5.69 Å². The van der Waals surface area contributed by atoms with Gasteiger partial charge in [0, 0.05) is 16.2 Å². The van der Waals surface area contributed by atoms with Crippen LogP contribution >= 0.6 is 15.9 Å². The second-order valence-corrected chi connectivity index (χ2v) is 6.03. The van der Waals surface area contributed by atoms with Crippen molar-refractivity contribution in [2.45, 2.75) is 18.9 Å². The smallest absolute Gasteiger partial charge is 0.293 e. The zero-order valence-corrected chi connectivity index (χ0v) is 12.8. The van der Waals surface area contributed by atoms with Gasteiger partial charge in [0.05, 0.1) is 11.0 Å². The van der Waals surface area contributed by atoms with E-state index in [0.717, 1.165) is 18.5 Å². The van der Waals surface area contributed by atoms with Gasteiger partial charge in [0.25, 0.3) is 5.69 Å². The van der Waals surface area contributed by atoms with Gasteiger partial charge in [-0.3, -0.25) is 10.1 Å². The molecule has 5 nitrogen and oxygen atoms in total. The van der Waals surface area contributed by atoms with Crippen molar-refractivity contribution in [1.82, 2.24) is 0 Å². The van der Waals surface area contributed by atoms with E-state index in [-0.39, 0.29) is 16.7 Å². The van der Waals surface area contributed by atoms with E-state index in [1.807, 2.05) is 18.2 Å². The molecule has 3 N–H and O–H groups in total. The average Bonchev–Trinajstić information content (AvgIpc) is 2.82. The molecule has 0 fully saturated rings. The number of rotatable bonds is 3. The largest absolute Gasteiger partial charge is 0.399 e. The summed E-state index contributed by atoms with van der Waals surface area (Å²) in [6.45, 7) is 0. The highest BCUT2D eigenvalue weighted by Crippen LogP contribution is 2.37. The maximum absolute atomic E-state index is 11.2. The van der Waals surface area contributed by atoms with Gasteiger partial charge in [0.15, 0.2) is 0 Å². The first kappa shape index (κ1) is 13.9. The molecule has 1 aliphatic carbocycles. The summed E-state index contributed by atoms with van der Waals surface area (Å²) in [7, 11) is 0. The molecule has 21 heavy (non-hydrogen) atoms. The number of nitro groups is 1. The third kappa shape index (κ3) is 2.71. The summed E-state index contributed by atoms with van der Waals surface area (Å²) in [6, 6.07) is 11.0. The maximum Gasteiger partial charge on any atom is 0.293 e. The number of nitrogens with two attached hydrogens (primary N) is 1. The van der Waals surface area contributed by atoms with E-state index in [9.17, 15) is 10.1 Å². The van der Waals surface area contributed by atoms with Gasteiger partial charge in [-0.15, -0.1) is 0 Å². The van der Waals surface area contributed by atoms with Gasteiger partial charge in [0.2, 0.25) is 0 Å². The molecular formula is C15H14BrN3O2. The van der Waals surface area contributed by atoms with Crippen LogP contribution in [0.4, 0.5) is 17.1 Å². The van der Waals surface area contributed by atoms with Gasteiger partial charge in [-0.05, 0) is 48.2 Å². The van der Waals surface area contributed by atoms with Crippen molar-refractivity contribution in [2.75, 3.05) is 11.1 Å². The third-order valence-corrected chi connectivity index (χ3v) is 4.22. The lowest BCUT2D eigenvalue weighted by molar-refractivity contribution is -0.384. The SMILES string of the molecule is Nc1ccc2c(c1)CCC2Nc1ccc(Br)cc1[N+](=O)[O-]. The monoisotopic (exact) mass is 347 g/mol. The first-order valence-electron chi connectivity index (χ1n) is 6.63. The van der Waals surface area contributed by atoms with E-state index in [1.165, 1.54) is 17.2 Å². The zero-order chi connectivity index (χ0) is 15.0. The van der Waals surface area contributed by atoms with Crippen LogP contribution < -0.4 is 11.1 Å². The van der Waals surface area contributed by atoms with Crippen LogP contribution in [0.15, 0.2) is 40.9 Å². The first-order valence-corrected chi connectivity index (χ1v) is 7.42. The molecule has 0 saturated heterocycles. The van der Waals surface area contributed by atoms with E-state index in [4.69, 9.17) is 5.73 Å². The highest BCUT2D eigenvalue weighted by Gasteiger charge is 2.25. The number of nitro benzene ring substituents is 1. The molecule has 3 rings (SSSR count). The summed E-state index contributed by atoms with van der Waals surface area (Å²) >= 11 is 3.26. The number of nitrogen functional groups attached to an aromatic ring is 1. The van der Waals surface area contributed by atoms with E-state index in [1.54, 1.807) is 12.1 Å². The van der Waals surface area contributed by atoms with E-state index >= 15 is 0 Å². The van der Waals surface area contributed by atoms with Crippen LogP contribution in [-0.2, 0) is 6.42 Å². The standard InChI is InChI=1S/C15H14BrN3O2/c16-10-2-6-14(15(8-10)19(20)21)18-13-5-1-9-7-11(17)3-4-12(9)13/h2-4,6-8,13,18H,1,5,17H2. The summed E-state index contributed by atoms with van der Waals surface area (Å²) < 4.78 is 0.694. The lowest BCUT2D eigenvalue weighted by Gasteiger charge is -2.16. The number of hydrogen-bond acceptors (Lipinski definition) is 4. The van der Waals surface area contributed by atoms with Crippen molar-refractivity contribution in [2.24, 2.45) is 0 Å². The fourth-order valence-electron chi connectivity index (χ4n) is 2.75. The Morgan fingerprint density at radius 3 is 2.86 bits per heavy atom. The molecule has 0 aromatic heterocycles. The molecule has 0 amide bonds. The van der Waals surface area contributed by atoms with E-state index in [0.29, 0.717) is 10.2 Å². The minimum absolute atomic E-state index is 0.0771. The van der Waals surface area contributed by atoms with Crippen LogP contribution in [-0.4, -0.2) is 4.92 Å². The van der Waals surface area contributed by atoms with Crippen molar-refractivity contribution in [3.8, 4) is 0 Å². The second kappa shape index (κ2) is 5.37. The van der Waals surface area contributed by atoms with Crippen molar-refractivity contribution < 1.29 is 4.92 Å². The van der Waals surface area contributed by atoms with E-state index < -0.39 is 0 Å². The number of hydrogen-bond donors (Lipinski definition) is 2. The summed E-state index contributed by atoms with van der Waals surface area (Å²) in [5, 5.41) is 14.5. The number of halogens is 1. The quantitative estimate of drug-likeness (QED) is 0.498. The molecule has 6 heteroatoms. The molecule has 108 valence electrons. The van der Waals surface area contributed by atoms with Crippen molar-refractivity contribution >= 4 is 33.0 Å². The molecule has 2 aromatic carbocycles. The van der Waals surface area contributed by atoms with Crippen LogP contribution in [0.1, 0.15) is 23.6 Å². The van der Waals surface area contributed by atoms with E-state index in [2.05, 4.69) is 21.2 Å². The van der Waals surface area contributed by atoms with Crippen LogP contribution in [0.2, 0.25) is 0 Å². The molecule has 0 radical (unpaired) electrons. The number of anilines is 2. The molecule has 1 aliphatic rings. The van der Waals surface area contributed by atoms with Crippen LogP contribution in [0.5, 0.6) is 0 Å². The number of nitrogens with one attached hydrogen (secondary N) is 1. The Labute approximate surface area is 130 Å². The molecule has 0 saturated carbocycles. The Bertz CT molecular complexity index is 718. The molecule has 1 unspecified atom stereocenters. The Morgan fingerprint density at radius 2 is 2.10 bits per heavy atom. The van der Waals surface area contributed by atoms with Crippen LogP contribution in [0.3, 0.4) is 0 Å². The maximum atomic E-state index is 11.2. The molecule has 2 aromatic rings. The fourth-order valence-corrected chi connectivity index (χ4v) is 3.10. The van der Waals surface area contributed by atoms with Crippen molar-refractivity contribution in [3.63, 3.8) is 0 Å². The molecule has 0 heterocycles. The highest BCUT2D eigenvalue weighted by molar-refractivity contribution is 9.10. The molecule has 0 spiro atoms. The lowest BCUT2D eigenvalue weighted by Crippen LogP contribution is -2.09. The summed E-state index contributed by atoms with van der Waals surface area (Å²) in [4.78, 5) is 10.8. The molecule has 0 aliphatic heterocycles.